The molecule has 0 aromatic carbocycles. The molecule has 49 heavy (non-hydrogen) atoms. The van der Waals surface area contributed by atoms with Gasteiger partial charge in [0.2, 0.25) is 0 Å². The Morgan fingerprint density at radius 1 is 0.816 bits per heavy atom. The lowest BCUT2D eigenvalue weighted by Gasteiger charge is -2.72. The highest BCUT2D eigenvalue weighted by Gasteiger charge is 2.70. The third-order valence-corrected chi connectivity index (χ3v) is 15.0. The number of carboxylic acids is 1. The first-order chi connectivity index (χ1) is 22.5. The van der Waals surface area contributed by atoms with Crippen molar-refractivity contribution in [2.75, 3.05) is 6.54 Å². The third kappa shape index (κ3) is 7.48. The number of fused-ring (bicyclic) bond motifs is 7. The lowest BCUT2D eigenvalue weighted by molar-refractivity contribution is -0.248. The highest BCUT2D eigenvalue weighted by molar-refractivity contribution is 5.73. The summed E-state index contributed by atoms with van der Waals surface area (Å²) in [5.74, 6) is 1.31. The number of esters is 1. The predicted molar refractivity (Wildman–Crippen MR) is 196 cm³/mol. The van der Waals surface area contributed by atoms with Crippen molar-refractivity contribution < 1.29 is 29.0 Å². The first kappa shape index (κ1) is 39.7. The van der Waals surface area contributed by atoms with Crippen molar-refractivity contribution in [3.63, 3.8) is 0 Å². The first-order valence-electron chi connectivity index (χ1n) is 19.5. The number of hydrogen-bond acceptors (Lipinski definition) is 5. The number of alkyl carbamates (subject to hydrolysis) is 1. The zero-order chi connectivity index (χ0) is 36.8. The third-order valence-electron chi connectivity index (χ3n) is 15.0. The highest BCUT2D eigenvalue weighted by Crippen LogP contribution is 2.76. The van der Waals surface area contributed by atoms with Crippen LogP contribution >= 0.6 is 0 Å². The Labute approximate surface area is 298 Å². The van der Waals surface area contributed by atoms with Crippen LogP contribution in [-0.2, 0) is 19.1 Å². The van der Waals surface area contributed by atoms with E-state index in [9.17, 15) is 19.5 Å². The van der Waals surface area contributed by atoms with Gasteiger partial charge in [-0.2, -0.15) is 0 Å². The first-order valence-corrected chi connectivity index (χ1v) is 19.5. The van der Waals surface area contributed by atoms with E-state index in [0.29, 0.717) is 23.7 Å². The van der Waals surface area contributed by atoms with Crippen LogP contribution in [0, 0.1) is 56.2 Å². The fourth-order valence-electron chi connectivity index (χ4n) is 12.8. The molecule has 0 saturated heterocycles. The largest absolute Gasteiger partial charge is 0.481 e. The van der Waals surface area contributed by atoms with E-state index < -0.39 is 17.0 Å². The van der Waals surface area contributed by atoms with Crippen LogP contribution in [0.4, 0.5) is 4.79 Å². The van der Waals surface area contributed by atoms with E-state index in [-0.39, 0.29) is 58.1 Å². The van der Waals surface area contributed by atoms with Gasteiger partial charge < -0.3 is 19.9 Å². The summed E-state index contributed by atoms with van der Waals surface area (Å²) in [4.78, 5) is 37.2. The molecule has 5 aliphatic rings. The fraction of sp³-hybridized carbons (Fsp3) is 0.881. The Bertz CT molecular complexity index is 1250. The number of nitrogens with one attached hydrogen (secondary N) is 1. The molecule has 5 rings (SSSR count). The Morgan fingerprint density at radius 2 is 1.47 bits per heavy atom. The number of hydrogen-bond donors (Lipinski definition) is 2. The summed E-state index contributed by atoms with van der Waals surface area (Å²) in [5, 5.41) is 12.5. The Balaban J connectivity index is 0.00000174. The smallest absolute Gasteiger partial charge is 0.407 e. The number of rotatable bonds is 7. The number of ether oxygens (including phenoxy) is 2. The van der Waals surface area contributed by atoms with Crippen LogP contribution in [0.3, 0.4) is 0 Å². The minimum atomic E-state index is -0.880. The van der Waals surface area contributed by atoms with Gasteiger partial charge >= 0.3 is 18.0 Å². The molecular weight excluding hydrogens is 614 g/mol. The lowest BCUT2D eigenvalue weighted by atomic mass is 9.32. The molecule has 0 aromatic rings. The summed E-state index contributed by atoms with van der Waals surface area (Å²) in [6, 6.07) is 0. The van der Waals surface area contributed by atoms with Gasteiger partial charge in [0, 0.05) is 12.0 Å². The van der Waals surface area contributed by atoms with Crippen molar-refractivity contribution in [2.24, 2.45) is 56.2 Å². The molecule has 7 nitrogen and oxygen atoms in total. The molecule has 280 valence electrons. The van der Waals surface area contributed by atoms with E-state index >= 15 is 0 Å². The quantitative estimate of drug-likeness (QED) is 0.204. The number of allylic oxidation sites excluding steroid dienone is 1. The zero-order valence-electron chi connectivity index (χ0n) is 33.1. The van der Waals surface area contributed by atoms with E-state index in [1.807, 2.05) is 41.5 Å². The molecule has 2 N–H and O–H groups in total. The fourth-order valence-corrected chi connectivity index (χ4v) is 12.8. The number of aliphatic carboxylic acids is 1. The van der Waals surface area contributed by atoms with Gasteiger partial charge in [0.1, 0.15) is 11.7 Å². The maximum absolute atomic E-state index is 13.1. The normalized spacial score (nSPS) is 39.4. The van der Waals surface area contributed by atoms with Gasteiger partial charge in [-0.1, -0.05) is 61.0 Å². The van der Waals surface area contributed by atoms with Crippen molar-refractivity contribution in [2.45, 2.75) is 171 Å². The summed E-state index contributed by atoms with van der Waals surface area (Å²) in [6.45, 7) is 28.0. The Hall–Kier alpha value is -2.05. The van der Waals surface area contributed by atoms with Crippen LogP contribution < -0.4 is 5.32 Å². The van der Waals surface area contributed by atoms with Gasteiger partial charge in [-0.3, -0.25) is 9.59 Å². The van der Waals surface area contributed by atoms with Crippen LogP contribution in [0.5, 0.6) is 0 Å². The predicted octanol–water partition coefficient (Wildman–Crippen LogP) is 10.4. The van der Waals surface area contributed by atoms with Crippen LogP contribution in [0.2, 0.25) is 0 Å². The molecule has 9 atom stereocenters. The van der Waals surface area contributed by atoms with Gasteiger partial charge in [0.05, 0.1) is 12.8 Å². The average molecular weight is 686 g/mol. The summed E-state index contributed by atoms with van der Waals surface area (Å²) >= 11 is 0. The molecular formula is C42H71NO6. The van der Waals surface area contributed by atoms with Crippen molar-refractivity contribution in [1.29, 1.82) is 0 Å². The van der Waals surface area contributed by atoms with E-state index in [4.69, 9.17) is 9.47 Å². The molecule has 5 aliphatic carbocycles. The van der Waals surface area contributed by atoms with Crippen molar-refractivity contribution in [3.8, 4) is 0 Å². The molecule has 0 aromatic heterocycles. The maximum Gasteiger partial charge on any atom is 0.407 e. The molecule has 0 bridgehead atoms. The second-order valence-corrected chi connectivity index (χ2v) is 20.0. The van der Waals surface area contributed by atoms with E-state index in [2.05, 4.69) is 46.5 Å². The minimum absolute atomic E-state index is 0.0425. The van der Waals surface area contributed by atoms with Gasteiger partial charge in [0.25, 0.3) is 0 Å². The number of carboxylic acid groups (broad SMARTS) is 1. The summed E-state index contributed by atoms with van der Waals surface area (Å²) in [5.41, 5.74) is -0.337. The Morgan fingerprint density at radius 3 is 2.08 bits per heavy atom. The molecule has 0 spiro atoms. The number of carbonyl (C=O) groups excluding carboxylic acids is 2. The van der Waals surface area contributed by atoms with E-state index in [1.165, 1.54) is 51.4 Å². The van der Waals surface area contributed by atoms with Gasteiger partial charge in [-0.05, 0) is 143 Å². The standard InChI is InChI=1S/C39H65NO6.C3H6/c1-33(2,3)46-32(44)40-24-39-17-11-12-26(39)25-13-14-28-36(8)18-16-29(45-31(43)23-34(4,5)22-30(41)42)35(6,7)27(36)15-19-38(28,10)37(25,9)20-21-39;1-3-2/h25-29H,11-24H2,1-10H3,(H,40,44)(H,41,42);3H,1H2,2H3/t25?,26-,27?,28?,29?,36?,37-,38?,39?;/m1./s1. The van der Waals surface area contributed by atoms with Crippen LogP contribution in [0.1, 0.15) is 160 Å². The van der Waals surface area contributed by atoms with Crippen molar-refractivity contribution in [3.05, 3.63) is 12.7 Å². The van der Waals surface area contributed by atoms with E-state index in [1.54, 1.807) is 6.08 Å². The van der Waals surface area contributed by atoms with Crippen molar-refractivity contribution in [1.82, 2.24) is 5.32 Å². The molecule has 5 fully saturated rings. The highest BCUT2D eigenvalue weighted by atomic mass is 16.6. The molecule has 1 amide bonds. The monoisotopic (exact) mass is 686 g/mol. The topological polar surface area (TPSA) is 102 Å². The van der Waals surface area contributed by atoms with Crippen LogP contribution in [-0.4, -0.2) is 41.4 Å². The van der Waals surface area contributed by atoms with Crippen LogP contribution in [0.25, 0.3) is 0 Å². The van der Waals surface area contributed by atoms with Crippen molar-refractivity contribution >= 4 is 18.0 Å². The minimum Gasteiger partial charge on any atom is -0.481 e. The van der Waals surface area contributed by atoms with E-state index in [0.717, 1.165) is 25.8 Å². The average Bonchev–Trinajstić information content (AvgIpc) is 3.37. The SMILES string of the molecule is C=CC.CC(C)(CC(=O)O)CC(=O)OC1CCC2(C)C(CCC3(C)C2CCC2[C@H]4CCCC4(CNC(=O)OC(C)(C)C)CC[C@]23C)C1(C)C. The van der Waals surface area contributed by atoms with Gasteiger partial charge in [0.15, 0.2) is 0 Å². The summed E-state index contributed by atoms with van der Waals surface area (Å²) in [7, 11) is 0. The molecule has 0 aliphatic heterocycles. The molecule has 7 heteroatoms. The molecule has 0 radical (unpaired) electrons. The second kappa shape index (κ2) is 13.8. The van der Waals surface area contributed by atoms with Gasteiger partial charge in [-0.15, -0.1) is 6.58 Å². The van der Waals surface area contributed by atoms with Crippen LogP contribution in [0.15, 0.2) is 12.7 Å². The zero-order valence-corrected chi connectivity index (χ0v) is 33.1. The number of amides is 1. The molecule has 0 heterocycles. The number of carbonyl (C=O) groups is 3. The summed E-state index contributed by atoms with van der Waals surface area (Å²) < 4.78 is 11.9. The van der Waals surface area contributed by atoms with Gasteiger partial charge in [-0.25, -0.2) is 4.79 Å². The molecule has 5 saturated carbocycles. The maximum atomic E-state index is 13.1. The Kier molecular flexibility index (Phi) is 11.2. The lowest BCUT2D eigenvalue weighted by Crippen LogP contribution is -2.66. The molecule has 7 unspecified atom stereocenters. The summed E-state index contributed by atoms with van der Waals surface area (Å²) in [6.07, 6.45) is 14.4. The second-order valence-electron chi connectivity index (χ2n) is 20.0.